The van der Waals surface area contributed by atoms with Crippen LogP contribution >= 0.6 is 0 Å². The second-order valence-corrected chi connectivity index (χ2v) is 8.78. The molecular formula is C38H38N10O2. The molecule has 0 aliphatic carbocycles. The molecule has 252 valence electrons. The summed E-state index contributed by atoms with van der Waals surface area (Å²) < 4.78 is 5.36. The zero-order chi connectivity index (χ0) is 36.4. The van der Waals surface area contributed by atoms with Gasteiger partial charge in [-0.3, -0.25) is 4.98 Å². The Hall–Kier alpha value is -8.31. The summed E-state index contributed by atoms with van der Waals surface area (Å²) in [6.45, 7) is 7.67. The Balaban J connectivity index is -0.000000184. The van der Waals surface area contributed by atoms with Crippen molar-refractivity contribution in [2.75, 3.05) is 12.4 Å². The summed E-state index contributed by atoms with van der Waals surface area (Å²) in [4.78, 5) is 21.2. The number of nitrogens with one attached hydrogen (secondary N) is 3. The van der Waals surface area contributed by atoms with E-state index in [1.165, 1.54) is 0 Å². The van der Waals surface area contributed by atoms with E-state index in [4.69, 9.17) is 21.4 Å². The minimum Gasteiger partial charge on any atom is -0.361 e. The average molecular weight is 667 g/mol. The van der Waals surface area contributed by atoms with Crippen LogP contribution in [0.15, 0.2) is 56.1 Å². The highest BCUT2D eigenvalue weighted by atomic mass is 16.5. The molecule has 0 atom stereocenters. The van der Waals surface area contributed by atoms with Gasteiger partial charge in [-0.1, -0.05) is 11.1 Å². The molecule has 0 bridgehead atoms. The summed E-state index contributed by atoms with van der Waals surface area (Å²) >= 11 is 0. The molecule has 12 nitrogen and oxygen atoms in total. The maximum atomic E-state index is 8.91. The largest absolute Gasteiger partial charge is 0.361 e. The number of terminal acetylenes is 1. The fraction of sp³-hybridized carbons (Fsp3) is 0.132. The van der Waals surface area contributed by atoms with Gasteiger partial charge in [0.1, 0.15) is 11.0 Å². The van der Waals surface area contributed by atoms with Crippen molar-refractivity contribution in [3.8, 4) is 129 Å². The Morgan fingerprint density at radius 2 is 1.48 bits per heavy atom. The molecule has 0 saturated heterocycles. The monoisotopic (exact) mass is 666 g/mol. The molecule has 0 spiro atoms. The van der Waals surface area contributed by atoms with E-state index in [0.29, 0.717) is 0 Å². The standard InChI is InChI=1S/C19H19N5O.C19H4.HN5O.7H2/c1-10-5-6-21-9-15(10)14-7-13(17-11(2)24-25-12(17)3)8-16-18(14)23-19(20-4)22-16;1-3-5-7-9-11-13-15-17-19-18-16-14-12-10-8-6-4-2;1-2-3-4-5-6;;;;;;;/h5-9H,1-4H3,(H2,20,22,23);1H,2H3;1H;7*1H/b;;2-1?,4-3+;;;;;;;. The first kappa shape index (κ1) is 37.9. The number of aromatic nitrogens is 4. The van der Waals surface area contributed by atoms with Gasteiger partial charge in [0.2, 0.25) is 5.95 Å². The molecule has 0 aliphatic rings. The highest BCUT2D eigenvalue weighted by Gasteiger charge is 2.17. The lowest BCUT2D eigenvalue weighted by Gasteiger charge is -2.09. The van der Waals surface area contributed by atoms with Crippen LogP contribution in [-0.4, -0.2) is 27.2 Å². The van der Waals surface area contributed by atoms with Crippen molar-refractivity contribution in [2.24, 2.45) is 21.0 Å². The molecule has 0 radical (unpaired) electrons. The molecule has 0 aliphatic heterocycles. The quantitative estimate of drug-likeness (QED) is 0.0853. The Labute approximate surface area is 300 Å². The molecule has 12 heteroatoms. The first-order valence-electron chi connectivity index (χ1n) is 13.9. The molecule has 3 N–H and O–H groups in total. The molecule has 3 aromatic heterocycles. The Morgan fingerprint density at radius 3 is 1.94 bits per heavy atom. The van der Waals surface area contributed by atoms with E-state index in [1.54, 1.807) is 13.1 Å². The number of imidazole rings is 1. The van der Waals surface area contributed by atoms with Gasteiger partial charge >= 0.3 is 0 Å². The third-order valence-corrected chi connectivity index (χ3v) is 5.67. The number of H-pyrrole nitrogens is 1. The molecule has 3 heterocycles. The van der Waals surface area contributed by atoms with E-state index in [1.807, 2.05) is 38.4 Å². The highest BCUT2D eigenvalue weighted by molar-refractivity contribution is 5.97. The van der Waals surface area contributed by atoms with Gasteiger partial charge in [-0.05, 0) is 162 Å². The fourth-order valence-electron chi connectivity index (χ4n) is 3.77. The van der Waals surface area contributed by atoms with Crippen LogP contribution in [-0.2, 0) is 0 Å². The maximum Gasteiger partial charge on any atom is 0.200 e. The lowest BCUT2D eigenvalue weighted by molar-refractivity contribution is 0.393. The predicted molar refractivity (Wildman–Crippen MR) is 206 cm³/mol. The van der Waals surface area contributed by atoms with E-state index >= 15 is 0 Å². The van der Waals surface area contributed by atoms with Crippen molar-refractivity contribution < 1.29 is 14.5 Å². The minimum atomic E-state index is 0. The lowest BCUT2D eigenvalue weighted by Crippen LogP contribution is -1.90. The Morgan fingerprint density at radius 1 is 0.880 bits per heavy atom. The van der Waals surface area contributed by atoms with Crippen molar-refractivity contribution in [1.29, 1.82) is 5.53 Å². The number of pyridine rings is 1. The number of hydrogen-bond acceptors (Lipinski definition) is 7. The number of aromatic amines is 1. The predicted octanol–water partition coefficient (Wildman–Crippen LogP) is 7.70. The van der Waals surface area contributed by atoms with Gasteiger partial charge in [-0.25, -0.2) is 4.98 Å². The summed E-state index contributed by atoms with van der Waals surface area (Å²) in [5, 5.41) is 16.4. The van der Waals surface area contributed by atoms with Gasteiger partial charge < -0.3 is 14.8 Å². The molecule has 4 aromatic rings. The van der Waals surface area contributed by atoms with Crippen LogP contribution in [0.25, 0.3) is 33.3 Å². The van der Waals surface area contributed by atoms with Crippen molar-refractivity contribution in [3.05, 3.63) is 52.5 Å². The smallest absolute Gasteiger partial charge is 0.200 e. The molecule has 1 aromatic carbocycles. The minimum absolute atomic E-state index is 0. The van der Waals surface area contributed by atoms with E-state index in [-0.39, 0.29) is 9.99 Å². The summed E-state index contributed by atoms with van der Waals surface area (Å²) in [6.07, 6.45) is 8.58. The average Bonchev–Trinajstić information content (AvgIpc) is 3.71. The third-order valence-electron chi connectivity index (χ3n) is 5.67. The Bertz CT molecular complexity index is 2470. The van der Waals surface area contributed by atoms with Gasteiger partial charge in [0.15, 0.2) is 0 Å². The number of rotatable bonds is 5. The number of anilines is 1. The zero-order valence-electron chi connectivity index (χ0n) is 27.4. The number of hydrogen-bond donors (Lipinski definition) is 3. The van der Waals surface area contributed by atoms with Crippen molar-refractivity contribution >= 4 is 17.0 Å². The van der Waals surface area contributed by atoms with Gasteiger partial charge in [0.05, 0.1) is 16.7 Å². The van der Waals surface area contributed by atoms with Crippen LogP contribution < -0.4 is 5.32 Å². The van der Waals surface area contributed by atoms with Gasteiger partial charge in [0, 0.05) is 51.3 Å². The van der Waals surface area contributed by atoms with Gasteiger partial charge in [-0.15, -0.1) is 11.3 Å². The number of fused-ring (bicyclic) bond motifs is 1. The first-order valence-corrected chi connectivity index (χ1v) is 13.9. The number of benzene rings is 1. The topological polar surface area (TPSA) is 170 Å². The molecule has 4 rings (SSSR count). The van der Waals surface area contributed by atoms with E-state index in [9.17, 15) is 0 Å². The van der Waals surface area contributed by atoms with Gasteiger partial charge in [-0.2, -0.15) is 5.53 Å². The summed E-state index contributed by atoms with van der Waals surface area (Å²) in [6, 6.07) is 6.24. The van der Waals surface area contributed by atoms with Crippen LogP contribution in [0.2, 0.25) is 0 Å². The van der Waals surface area contributed by atoms with Crippen molar-refractivity contribution in [2.45, 2.75) is 27.7 Å². The molecule has 0 saturated carbocycles. The highest BCUT2D eigenvalue weighted by Crippen LogP contribution is 2.36. The molecule has 0 unspecified atom stereocenters. The van der Waals surface area contributed by atoms with Crippen LogP contribution in [0, 0.1) is 138 Å². The zero-order valence-corrected chi connectivity index (χ0v) is 27.4. The summed E-state index contributed by atoms with van der Waals surface area (Å²) in [5.74, 6) is 43.4. The van der Waals surface area contributed by atoms with Crippen LogP contribution in [0.3, 0.4) is 0 Å². The second kappa shape index (κ2) is 22.2. The lowest BCUT2D eigenvalue weighted by atomic mass is 9.95. The maximum absolute atomic E-state index is 8.91. The third kappa shape index (κ3) is 12.6. The molecule has 0 amide bonds. The Kier molecular flexibility index (Phi) is 16.8. The van der Waals surface area contributed by atoms with E-state index < -0.39 is 0 Å². The fourth-order valence-corrected chi connectivity index (χ4v) is 3.77. The SMILES string of the molecule is C#CC#CC#CC#CC#CC#CC#CC#CC#CC.CNc1nc2c(-c3cnccc3C)cc(-c3c(C)noc3C)cc2[nH]1.N=N/N=N/N=O.[HH].[HH].[HH].[HH].[HH].[HH].[HH]. The van der Waals surface area contributed by atoms with Crippen LogP contribution in [0.1, 0.15) is 33.9 Å². The molecule has 0 fully saturated rings. The molecule has 50 heavy (non-hydrogen) atoms. The summed E-state index contributed by atoms with van der Waals surface area (Å²) in [5.41, 5.74) is 13.9. The molecular weight excluding hydrogens is 628 g/mol. The number of nitrogens with zero attached hydrogens (tertiary/aromatic N) is 7. The number of nitroso groups, excluding NO2 is 1. The van der Waals surface area contributed by atoms with E-state index in [2.05, 4.69) is 161 Å². The van der Waals surface area contributed by atoms with Gasteiger partial charge in [0.25, 0.3) is 0 Å². The normalized spacial score (nSPS) is 8.08. The van der Waals surface area contributed by atoms with Crippen LogP contribution in [0.4, 0.5) is 5.95 Å². The first-order chi connectivity index (χ1) is 24.4. The van der Waals surface area contributed by atoms with Crippen molar-refractivity contribution in [3.63, 3.8) is 0 Å². The number of aryl methyl sites for hydroxylation is 3. The van der Waals surface area contributed by atoms with E-state index in [0.717, 1.165) is 56.3 Å². The second-order valence-electron chi connectivity index (χ2n) is 8.78. The van der Waals surface area contributed by atoms with Crippen molar-refractivity contribution in [1.82, 2.24) is 20.1 Å². The van der Waals surface area contributed by atoms with Crippen LogP contribution in [0.5, 0.6) is 0 Å². The summed E-state index contributed by atoms with van der Waals surface area (Å²) in [7, 11) is 1.85.